The molecule has 0 saturated carbocycles. The van der Waals surface area contributed by atoms with E-state index in [-0.39, 0.29) is 5.91 Å². The van der Waals surface area contributed by atoms with Crippen LogP contribution in [0.2, 0.25) is 0 Å². The van der Waals surface area contributed by atoms with Gasteiger partial charge in [0.1, 0.15) is 5.69 Å². The molecule has 0 fully saturated rings. The lowest BCUT2D eigenvalue weighted by Crippen LogP contribution is -2.18. The average Bonchev–Trinajstić information content (AvgIpc) is 3.10. The standard InChI is InChI=1S/C20H23N5O/c1-15-9-10-16(19-14-25(23-22-19)12-11-24(2)3)13-18(15)20(26)21-17-7-5-4-6-8-17/h4-10,13-14H,11-12H2,1-3H3,(H,21,26). The number of nitrogens with one attached hydrogen (secondary N) is 1. The molecule has 1 heterocycles. The Morgan fingerprint density at radius 3 is 2.65 bits per heavy atom. The van der Waals surface area contributed by atoms with Gasteiger partial charge in [-0.2, -0.15) is 0 Å². The fourth-order valence-corrected chi connectivity index (χ4v) is 2.59. The summed E-state index contributed by atoms with van der Waals surface area (Å²) in [6.07, 6.45) is 1.91. The average molecular weight is 349 g/mol. The molecule has 0 bridgehead atoms. The largest absolute Gasteiger partial charge is 0.322 e. The monoisotopic (exact) mass is 349 g/mol. The van der Waals surface area contributed by atoms with Crippen LogP contribution in [0.1, 0.15) is 15.9 Å². The molecule has 0 atom stereocenters. The molecule has 6 heteroatoms. The smallest absolute Gasteiger partial charge is 0.255 e. The second kappa shape index (κ2) is 7.93. The van der Waals surface area contributed by atoms with E-state index in [1.165, 1.54) is 0 Å². The van der Waals surface area contributed by atoms with Crippen LogP contribution in [0, 0.1) is 6.92 Å². The summed E-state index contributed by atoms with van der Waals surface area (Å²) in [5.41, 5.74) is 3.97. The lowest BCUT2D eigenvalue weighted by atomic mass is 10.0. The van der Waals surface area contributed by atoms with E-state index in [2.05, 4.69) is 20.5 Å². The highest BCUT2D eigenvalue weighted by Crippen LogP contribution is 2.21. The number of rotatable bonds is 6. The molecule has 6 nitrogen and oxygen atoms in total. The van der Waals surface area contributed by atoms with Gasteiger partial charge >= 0.3 is 0 Å². The van der Waals surface area contributed by atoms with Gasteiger partial charge in [0.25, 0.3) is 5.91 Å². The van der Waals surface area contributed by atoms with Gasteiger partial charge in [0.05, 0.1) is 12.7 Å². The van der Waals surface area contributed by atoms with E-state index in [1.807, 2.05) is 80.4 Å². The maximum absolute atomic E-state index is 12.6. The first kappa shape index (κ1) is 17.8. The molecule has 0 aliphatic carbocycles. The molecule has 0 aliphatic heterocycles. The summed E-state index contributed by atoms with van der Waals surface area (Å²) in [7, 11) is 4.05. The van der Waals surface area contributed by atoms with Crippen LogP contribution < -0.4 is 5.32 Å². The number of carbonyl (C=O) groups is 1. The number of anilines is 1. The van der Waals surface area contributed by atoms with Crippen molar-refractivity contribution >= 4 is 11.6 Å². The number of likely N-dealkylation sites (N-methyl/N-ethyl adjacent to an activating group) is 1. The molecule has 134 valence electrons. The Bertz CT molecular complexity index is 886. The maximum Gasteiger partial charge on any atom is 0.255 e. The SMILES string of the molecule is Cc1ccc(-c2cn(CCN(C)C)nn2)cc1C(=O)Nc1ccccc1. The van der Waals surface area contributed by atoms with Crippen molar-refractivity contribution in [3.63, 3.8) is 0 Å². The van der Waals surface area contributed by atoms with Crippen LogP contribution in [-0.4, -0.2) is 46.4 Å². The first-order valence-corrected chi connectivity index (χ1v) is 8.55. The first-order chi connectivity index (χ1) is 12.5. The number of nitrogens with zero attached hydrogens (tertiary/aromatic N) is 4. The van der Waals surface area contributed by atoms with Crippen LogP contribution >= 0.6 is 0 Å². The van der Waals surface area contributed by atoms with E-state index in [4.69, 9.17) is 0 Å². The zero-order valence-corrected chi connectivity index (χ0v) is 15.3. The highest BCUT2D eigenvalue weighted by Gasteiger charge is 2.13. The number of benzene rings is 2. The van der Waals surface area contributed by atoms with Gasteiger partial charge in [-0.15, -0.1) is 5.10 Å². The van der Waals surface area contributed by atoms with Gasteiger partial charge in [0.2, 0.25) is 0 Å². The third kappa shape index (κ3) is 4.34. The molecular formula is C20H23N5O. The van der Waals surface area contributed by atoms with Crippen LogP contribution in [0.4, 0.5) is 5.69 Å². The fraction of sp³-hybridized carbons (Fsp3) is 0.250. The van der Waals surface area contributed by atoms with Crippen molar-refractivity contribution in [3.05, 3.63) is 65.9 Å². The highest BCUT2D eigenvalue weighted by atomic mass is 16.1. The van der Waals surface area contributed by atoms with Crippen molar-refractivity contribution in [3.8, 4) is 11.3 Å². The van der Waals surface area contributed by atoms with Crippen LogP contribution in [0.3, 0.4) is 0 Å². The Morgan fingerprint density at radius 1 is 1.15 bits per heavy atom. The minimum atomic E-state index is -0.129. The van der Waals surface area contributed by atoms with Crippen molar-refractivity contribution < 1.29 is 4.79 Å². The molecule has 3 rings (SSSR count). The molecule has 2 aromatic carbocycles. The third-order valence-corrected chi connectivity index (χ3v) is 4.12. The number of para-hydroxylation sites is 1. The topological polar surface area (TPSA) is 63.1 Å². The van der Waals surface area contributed by atoms with Gasteiger partial charge in [-0.1, -0.05) is 35.5 Å². The Hall–Kier alpha value is -2.99. The second-order valence-electron chi connectivity index (χ2n) is 6.52. The Balaban J connectivity index is 1.80. The molecular weight excluding hydrogens is 326 g/mol. The Morgan fingerprint density at radius 2 is 1.92 bits per heavy atom. The summed E-state index contributed by atoms with van der Waals surface area (Å²) in [5.74, 6) is -0.129. The van der Waals surface area contributed by atoms with Gasteiger partial charge in [-0.05, 0) is 44.8 Å². The number of aryl methyl sites for hydroxylation is 1. The summed E-state index contributed by atoms with van der Waals surface area (Å²) in [4.78, 5) is 14.7. The van der Waals surface area contributed by atoms with E-state index in [0.717, 1.165) is 35.6 Å². The summed E-state index contributed by atoms with van der Waals surface area (Å²) < 4.78 is 1.82. The summed E-state index contributed by atoms with van der Waals surface area (Å²) in [5, 5.41) is 11.3. The molecule has 0 radical (unpaired) electrons. The van der Waals surface area contributed by atoms with E-state index < -0.39 is 0 Å². The van der Waals surface area contributed by atoms with Crippen LogP contribution in [0.5, 0.6) is 0 Å². The predicted octanol–water partition coefficient (Wildman–Crippen LogP) is 3.07. The second-order valence-corrected chi connectivity index (χ2v) is 6.52. The predicted molar refractivity (Wildman–Crippen MR) is 103 cm³/mol. The molecule has 1 N–H and O–H groups in total. The highest BCUT2D eigenvalue weighted by molar-refractivity contribution is 6.05. The van der Waals surface area contributed by atoms with Crippen molar-refractivity contribution in [1.82, 2.24) is 19.9 Å². The zero-order chi connectivity index (χ0) is 18.5. The number of carbonyl (C=O) groups excluding carboxylic acids is 1. The summed E-state index contributed by atoms with van der Waals surface area (Å²) in [6.45, 7) is 3.59. The van der Waals surface area contributed by atoms with Crippen molar-refractivity contribution in [1.29, 1.82) is 0 Å². The van der Waals surface area contributed by atoms with E-state index in [1.54, 1.807) is 0 Å². The molecule has 26 heavy (non-hydrogen) atoms. The molecule has 0 unspecified atom stereocenters. The van der Waals surface area contributed by atoms with Gasteiger partial charge < -0.3 is 10.2 Å². The minimum absolute atomic E-state index is 0.129. The third-order valence-electron chi connectivity index (χ3n) is 4.12. The first-order valence-electron chi connectivity index (χ1n) is 8.55. The molecule has 0 saturated heterocycles. The maximum atomic E-state index is 12.6. The van der Waals surface area contributed by atoms with Gasteiger partial charge in [-0.3, -0.25) is 9.48 Å². The lowest BCUT2D eigenvalue weighted by molar-refractivity contribution is 0.102. The quantitative estimate of drug-likeness (QED) is 0.743. The fourth-order valence-electron chi connectivity index (χ4n) is 2.59. The van der Waals surface area contributed by atoms with E-state index >= 15 is 0 Å². The van der Waals surface area contributed by atoms with E-state index in [0.29, 0.717) is 5.56 Å². The van der Waals surface area contributed by atoms with Crippen LogP contribution in [0.15, 0.2) is 54.7 Å². The summed E-state index contributed by atoms with van der Waals surface area (Å²) >= 11 is 0. The van der Waals surface area contributed by atoms with Crippen molar-refractivity contribution in [2.24, 2.45) is 0 Å². The number of amides is 1. The molecule has 0 spiro atoms. The zero-order valence-electron chi connectivity index (χ0n) is 15.3. The molecule has 3 aromatic rings. The molecule has 1 amide bonds. The van der Waals surface area contributed by atoms with Gasteiger partial charge in [0, 0.05) is 23.4 Å². The normalized spacial score (nSPS) is 10.9. The Kier molecular flexibility index (Phi) is 5.43. The number of hydrogen-bond acceptors (Lipinski definition) is 4. The summed E-state index contributed by atoms with van der Waals surface area (Å²) in [6, 6.07) is 15.2. The van der Waals surface area contributed by atoms with Gasteiger partial charge in [0.15, 0.2) is 0 Å². The van der Waals surface area contributed by atoms with E-state index in [9.17, 15) is 4.79 Å². The van der Waals surface area contributed by atoms with Crippen molar-refractivity contribution in [2.75, 3.05) is 26.0 Å². The van der Waals surface area contributed by atoms with Crippen molar-refractivity contribution in [2.45, 2.75) is 13.5 Å². The number of hydrogen-bond donors (Lipinski definition) is 1. The lowest BCUT2D eigenvalue weighted by Gasteiger charge is -2.09. The van der Waals surface area contributed by atoms with Crippen LogP contribution in [0.25, 0.3) is 11.3 Å². The number of aromatic nitrogens is 3. The molecule has 0 aliphatic rings. The van der Waals surface area contributed by atoms with Crippen LogP contribution in [-0.2, 0) is 6.54 Å². The van der Waals surface area contributed by atoms with Gasteiger partial charge in [-0.25, -0.2) is 0 Å². The molecule has 1 aromatic heterocycles. The Labute approximate surface area is 153 Å². The minimum Gasteiger partial charge on any atom is -0.322 e.